The van der Waals surface area contributed by atoms with Gasteiger partial charge in [-0.2, -0.15) is 0 Å². The lowest BCUT2D eigenvalue weighted by Gasteiger charge is -1.94. The number of thioether (sulfide) groups is 2. The van der Waals surface area contributed by atoms with Gasteiger partial charge < -0.3 is 4.74 Å². The molecule has 0 aliphatic carbocycles. The summed E-state index contributed by atoms with van der Waals surface area (Å²) in [7, 11) is 1.37. The molecule has 0 aromatic carbocycles. The topological polar surface area (TPSA) is 38.7 Å². The van der Waals surface area contributed by atoms with E-state index in [9.17, 15) is 4.79 Å². The van der Waals surface area contributed by atoms with Gasteiger partial charge >= 0.3 is 5.30 Å². The fourth-order valence-electron chi connectivity index (χ4n) is 0.490. The zero-order chi connectivity index (χ0) is 7.40. The first-order chi connectivity index (χ1) is 4.83. The van der Waals surface area contributed by atoms with Gasteiger partial charge in [0.2, 0.25) is 0 Å². The van der Waals surface area contributed by atoms with Gasteiger partial charge in [-0.15, -0.1) is 0 Å². The van der Waals surface area contributed by atoms with Gasteiger partial charge in [0.15, 0.2) is 0 Å². The van der Waals surface area contributed by atoms with Crippen molar-refractivity contribution in [1.29, 1.82) is 0 Å². The quantitative estimate of drug-likeness (QED) is 0.527. The standard InChI is InChI=1S/C5H7NO2S2/c1-8-5(7)10-4-6-2-3-9-4/h2-3H2,1H3. The molecule has 0 N–H and O–H groups in total. The van der Waals surface area contributed by atoms with Gasteiger partial charge in [-0.05, 0) is 0 Å². The number of methoxy groups -OCH3 is 1. The molecule has 0 spiro atoms. The maximum Gasteiger partial charge on any atom is 0.373 e. The largest absolute Gasteiger partial charge is 0.461 e. The highest BCUT2D eigenvalue weighted by Gasteiger charge is 2.12. The molecule has 1 aliphatic rings. The molecule has 0 atom stereocenters. The van der Waals surface area contributed by atoms with Crippen molar-refractivity contribution in [3.8, 4) is 0 Å². The molecule has 0 unspecified atom stereocenters. The number of carbonyl (C=O) groups is 1. The summed E-state index contributed by atoms with van der Waals surface area (Å²) in [4.78, 5) is 14.7. The molecule has 10 heavy (non-hydrogen) atoms. The van der Waals surface area contributed by atoms with E-state index in [1.54, 1.807) is 11.8 Å². The minimum Gasteiger partial charge on any atom is -0.461 e. The Hall–Kier alpha value is -0.160. The van der Waals surface area contributed by atoms with Crippen LogP contribution in [0.4, 0.5) is 4.79 Å². The highest BCUT2D eigenvalue weighted by atomic mass is 32.2. The Bertz CT molecular complexity index is 169. The molecule has 0 aromatic rings. The summed E-state index contributed by atoms with van der Waals surface area (Å²) in [5.41, 5.74) is 0. The van der Waals surface area contributed by atoms with E-state index in [4.69, 9.17) is 0 Å². The molecule has 0 aromatic heterocycles. The average Bonchev–Trinajstić information content (AvgIpc) is 2.40. The van der Waals surface area contributed by atoms with Crippen molar-refractivity contribution < 1.29 is 9.53 Å². The van der Waals surface area contributed by atoms with E-state index in [0.717, 1.165) is 28.4 Å². The van der Waals surface area contributed by atoms with Gasteiger partial charge in [-0.1, -0.05) is 11.8 Å². The summed E-state index contributed by atoms with van der Waals surface area (Å²) >= 11 is 2.66. The molecule has 3 nitrogen and oxygen atoms in total. The van der Waals surface area contributed by atoms with Crippen LogP contribution in [0, 0.1) is 0 Å². The van der Waals surface area contributed by atoms with E-state index in [1.807, 2.05) is 0 Å². The zero-order valence-electron chi connectivity index (χ0n) is 5.49. The van der Waals surface area contributed by atoms with Gasteiger partial charge in [0.05, 0.1) is 13.7 Å². The van der Waals surface area contributed by atoms with E-state index in [0.29, 0.717) is 0 Å². The fourth-order valence-corrected chi connectivity index (χ4v) is 2.10. The number of hydrogen-bond acceptors (Lipinski definition) is 5. The Morgan fingerprint density at radius 2 is 2.70 bits per heavy atom. The van der Waals surface area contributed by atoms with Crippen LogP contribution in [-0.4, -0.2) is 29.1 Å². The van der Waals surface area contributed by atoms with Crippen LogP contribution in [0.15, 0.2) is 4.99 Å². The van der Waals surface area contributed by atoms with Gasteiger partial charge in [-0.3, -0.25) is 4.99 Å². The van der Waals surface area contributed by atoms with Crippen LogP contribution in [0.3, 0.4) is 0 Å². The summed E-state index contributed by atoms with van der Waals surface area (Å²) in [6, 6.07) is 0. The molecule has 1 rings (SSSR count). The Morgan fingerprint density at radius 1 is 1.90 bits per heavy atom. The summed E-state index contributed by atoms with van der Waals surface area (Å²) in [5.74, 6) is 0.985. The van der Waals surface area contributed by atoms with Crippen molar-refractivity contribution in [3.05, 3.63) is 0 Å². The van der Waals surface area contributed by atoms with Crippen molar-refractivity contribution >= 4 is 33.2 Å². The normalized spacial score (nSPS) is 16.7. The minimum atomic E-state index is -0.284. The molecule has 56 valence electrons. The Morgan fingerprint density at radius 3 is 3.20 bits per heavy atom. The van der Waals surface area contributed by atoms with Crippen LogP contribution >= 0.6 is 23.5 Å². The Kier molecular flexibility index (Phi) is 3.08. The summed E-state index contributed by atoms with van der Waals surface area (Å²) in [5, 5.41) is -0.284. The molecular formula is C5H7NO2S2. The molecule has 0 radical (unpaired) electrons. The minimum absolute atomic E-state index is 0.284. The lowest BCUT2D eigenvalue weighted by atomic mass is 10.8. The van der Waals surface area contributed by atoms with E-state index in [2.05, 4.69) is 9.73 Å². The molecule has 5 heteroatoms. The maximum absolute atomic E-state index is 10.6. The number of rotatable bonds is 0. The van der Waals surface area contributed by atoms with Crippen molar-refractivity contribution in [2.24, 2.45) is 4.99 Å². The van der Waals surface area contributed by atoms with E-state index in [1.165, 1.54) is 7.11 Å². The van der Waals surface area contributed by atoms with Crippen molar-refractivity contribution in [2.45, 2.75) is 0 Å². The molecule has 0 fully saturated rings. The van der Waals surface area contributed by atoms with Crippen LogP contribution < -0.4 is 0 Å². The molecule has 1 aliphatic heterocycles. The lowest BCUT2D eigenvalue weighted by Crippen LogP contribution is -1.93. The van der Waals surface area contributed by atoms with Crippen LogP contribution in [0.2, 0.25) is 0 Å². The summed E-state index contributed by atoms with van der Waals surface area (Å²) in [6.45, 7) is 0.823. The average molecular weight is 177 g/mol. The number of aliphatic imine (C=N–C) groups is 1. The summed E-state index contributed by atoms with van der Waals surface area (Å²) < 4.78 is 5.27. The maximum atomic E-state index is 10.6. The number of hydrogen-bond donors (Lipinski definition) is 0. The van der Waals surface area contributed by atoms with Crippen molar-refractivity contribution in [2.75, 3.05) is 19.4 Å². The third-order valence-electron chi connectivity index (χ3n) is 0.895. The van der Waals surface area contributed by atoms with Crippen LogP contribution in [0.1, 0.15) is 0 Å². The Labute approximate surface area is 67.6 Å². The monoisotopic (exact) mass is 177 g/mol. The predicted molar refractivity (Wildman–Crippen MR) is 44.8 cm³/mol. The first-order valence-corrected chi connectivity index (χ1v) is 4.56. The van der Waals surface area contributed by atoms with Crippen LogP contribution in [-0.2, 0) is 4.74 Å². The van der Waals surface area contributed by atoms with Crippen LogP contribution in [0.5, 0.6) is 0 Å². The molecular weight excluding hydrogens is 170 g/mol. The SMILES string of the molecule is COC(=O)SC1=NCCS1. The summed E-state index contributed by atoms with van der Waals surface area (Å²) in [6.07, 6.45) is 0. The van der Waals surface area contributed by atoms with Gasteiger partial charge in [0.25, 0.3) is 0 Å². The second-order valence-electron chi connectivity index (χ2n) is 1.55. The zero-order valence-corrected chi connectivity index (χ0v) is 7.13. The van der Waals surface area contributed by atoms with Gasteiger partial charge in [0, 0.05) is 17.5 Å². The third-order valence-corrected chi connectivity index (χ3v) is 2.90. The molecule has 1 heterocycles. The van der Waals surface area contributed by atoms with E-state index < -0.39 is 0 Å². The molecule has 0 amide bonds. The highest BCUT2D eigenvalue weighted by Crippen LogP contribution is 2.22. The number of ether oxygens (including phenoxy) is 1. The number of nitrogens with zero attached hydrogens (tertiary/aromatic N) is 1. The van der Waals surface area contributed by atoms with E-state index >= 15 is 0 Å². The van der Waals surface area contributed by atoms with E-state index in [-0.39, 0.29) is 5.30 Å². The third kappa shape index (κ3) is 2.22. The lowest BCUT2D eigenvalue weighted by molar-refractivity contribution is 0.200. The Balaban J connectivity index is 2.30. The second kappa shape index (κ2) is 3.88. The van der Waals surface area contributed by atoms with Crippen molar-refractivity contribution in [3.63, 3.8) is 0 Å². The van der Waals surface area contributed by atoms with Crippen LogP contribution in [0.25, 0.3) is 0 Å². The smallest absolute Gasteiger partial charge is 0.373 e. The van der Waals surface area contributed by atoms with Crippen molar-refractivity contribution in [1.82, 2.24) is 0 Å². The molecule has 0 saturated heterocycles. The predicted octanol–water partition coefficient (Wildman–Crippen LogP) is 1.59. The molecule has 0 saturated carbocycles. The molecule has 0 bridgehead atoms. The fraction of sp³-hybridized carbons (Fsp3) is 0.600. The number of carbonyl (C=O) groups excluding carboxylic acids is 1. The highest BCUT2D eigenvalue weighted by molar-refractivity contribution is 8.44. The first kappa shape index (κ1) is 7.94. The first-order valence-electron chi connectivity index (χ1n) is 2.76. The second-order valence-corrected chi connectivity index (χ2v) is 3.82. The van der Waals surface area contributed by atoms with Gasteiger partial charge in [-0.25, -0.2) is 4.79 Å². The van der Waals surface area contributed by atoms with Gasteiger partial charge in [0.1, 0.15) is 4.38 Å².